The fraction of sp³-hybridized carbons (Fsp3) is 0.231. The summed E-state index contributed by atoms with van der Waals surface area (Å²) in [6, 6.07) is 5.14. The number of methoxy groups -OCH3 is 1. The molecule has 0 fully saturated rings. The van der Waals surface area contributed by atoms with Crippen molar-refractivity contribution >= 4 is 11.7 Å². The van der Waals surface area contributed by atoms with Crippen LogP contribution in [0.15, 0.2) is 18.2 Å². The second-order valence-corrected chi connectivity index (χ2v) is 4.19. The van der Waals surface area contributed by atoms with E-state index in [-0.39, 0.29) is 5.56 Å². The zero-order valence-corrected chi connectivity index (χ0v) is 11.0. The lowest BCUT2D eigenvalue weighted by molar-refractivity contribution is 0.0695. The summed E-state index contributed by atoms with van der Waals surface area (Å²) in [7, 11) is 1.53. The molecule has 1 aromatic carbocycles. The van der Waals surface area contributed by atoms with E-state index in [1.54, 1.807) is 36.7 Å². The Bertz CT molecular complexity index is 647. The molecule has 19 heavy (non-hydrogen) atoms. The quantitative estimate of drug-likeness (QED) is 0.822. The average molecular weight is 261 g/mol. The van der Waals surface area contributed by atoms with Crippen LogP contribution in [0.5, 0.6) is 5.75 Å². The minimum absolute atomic E-state index is 0.207. The Morgan fingerprint density at radius 3 is 2.63 bits per heavy atom. The summed E-state index contributed by atoms with van der Waals surface area (Å²) in [4.78, 5) is 11.2. The number of nitrogens with zero attached hydrogens (tertiary/aromatic N) is 2. The lowest BCUT2D eigenvalue weighted by atomic mass is 10.2. The number of aryl methyl sites for hydroxylation is 1. The van der Waals surface area contributed by atoms with Gasteiger partial charge in [0.2, 0.25) is 0 Å². The molecule has 0 saturated heterocycles. The number of aromatic carboxylic acids is 1. The van der Waals surface area contributed by atoms with Crippen LogP contribution in [0.4, 0.5) is 5.69 Å². The molecule has 0 radical (unpaired) electrons. The molecule has 0 bridgehead atoms. The van der Waals surface area contributed by atoms with Crippen LogP contribution in [-0.2, 0) is 0 Å². The van der Waals surface area contributed by atoms with Gasteiger partial charge in [-0.2, -0.15) is 5.10 Å². The first-order valence-electron chi connectivity index (χ1n) is 5.69. The predicted molar refractivity (Wildman–Crippen MR) is 71.0 cm³/mol. The van der Waals surface area contributed by atoms with Gasteiger partial charge in [0, 0.05) is 11.8 Å². The Labute approximate surface area is 110 Å². The van der Waals surface area contributed by atoms with E-state index in [2.05, 4.69) is 5.10 Å². The summed E-state index contributed by atoms with van der Waals surface area (Å²) in [6.07, 6.45) is 0. The fourth-order valence-corrected chi connectivity index (χ4v) is 2.06. The summed E-state index contributed by atoms with van der Waals surface area (Å²) >= 11 is 0. The topological polar surface area (TPSA) is 90.4 Å². The van der Waals surface area contributed by atoms with E-state index in [0.29, 0.717) is 28.5 Å². The molecule has 1 aromatic heterocycles. The number of aromatic nitrogens is 2. The zero-order chi connectivity index (χ0) is 14.2. The Morgan fingerprint density at radius 2 is 2.11 bits per heavy atom. The molecule has 0 aliphatic heterocycles. The second-order valence-electron chi connectivity index (χ2n) is 4.19. The van der Waals surface area contributed by atoms with Crippen LogP contribution >= 0.6 is 0 Å². The molecule has 6 nitrogen and oxygen atoms in total. The Morgan fingerprint density at radius 1 is 1.42 bits per heavy atom. The summed E-state index contributed by atoms with van der Waals surface area (Å²) in [6.45, 7) is 3.37. The van der Waals surface area contributed by atoms with Gasteiger partial charge in [0.15, 0.2) is 0 Å². The molecule has 0 aliphatic carbocycles. The number of nitrogens with two attached hydrogens (primary N) is 1. The highest BCUT2D eigenvalue weighted by Crippen LogP contribution is 2.27. The molecule has 2 rings (SSSR count). The van der Waals surface area contributed by atoms with Gasteiger partial charge in [-0.15, -0.1) is 0 Å². The van der Waals surface area contributed by atoms with Crippen LogP contribution in [-0.4, -0.2) is 28.0 Å². The lowest BCUT2D eigenvalue weighted by Gasteiger charge is -2.10. The average Bonchev–Trinajstić information content (AvgIpc) is 2.64. The summed E-state index contributed by atoms with van der Waals surface area (Å²) in [5.74, 6) is -0.446. The van der Waals surface area contributed by atoms with Crippen molar-refractivity contribution in [1.29, 1.82) is 0 Å². The number of nitrogen functional groups attached to an aromatic ring is 1. The standard InChI is InChI=1S/C13H15N3O3/c1-7-12(13(17)18)8(2)16(15-7)10-5-4-9(14)6-11(10)19-3/h4-6H,14H2,1-3H3,(H,17,18). The maximum Gasteiger partial charge on any atom is 0.339 e. The van der Waals surface area contributed by atoms with E-state index in [0.717, 1.165) is 0 Å². The number of hydrogen-bond acceptors (Lipinski definition) is 4. The molecular weight excluding hydrogens is 246 g/mol. The van der Waals surface area contributed by atoms with Gasteiger partial charge in [-0.3, -0.25) is 0 Å². The number of carbonyl (C=O) groups is 1. The first-order valence-corrected chi connectivity index (χ1v) is 5.69. The van der Waals surface area contributed by atoms with Crippen molar-refractivity contribution in [1.82, 2.24) is 9.78 Å². The van der Waals surface area contributed by atoms with Gasteiger partial charge >= 0.3 is 5.97 Å². The maximum absolute atomic E-state index is 11.2. The third-order valence-corrected chi connectivity index (χ3v) is 2.94. The fourth-order valence-electron chi connectivity index (χ4n) is 2.06. The normalized spacial score (nSPS) is 10.5. The SMILES string of the molecule is COc1cc(N)ccc1-n1nc(C)c(C(=O)O)c1C. The smallest absolute Gasteiger partial charge is 0.339 e. The number of carboxylic acids is 1. The maximum atomic E-state index is 11.2. The summed E-state index contributed by atoms with van der Waals surface area (Å²) in [5.41, 5.74) is 8.14. The molecule has 3 N–H and O–H groups in total. The van der Waals surface area contributed by atoms with Crippen molar-refractivity contribution < 1.29 is 14.6 Å². The van der Waals surface area contributed by atoms with E-state index in [4.69, 9.17) is 10.5 Å². The van der Waals surface area contributed by atoms with Gasteiger partial charge in [0.05, 0.1) is 18.5 Å². The van der Waals surface area contributed by atoms with Crippen LogP contribution in [0.2, 0.25) is 0 Å². The van der Waals surface area contributed by atoms with E-state index < -0.39 is 5.97 Å². The van der Waals surface area contributed by atoms with E-state index >= 15 is 0 Å². The van der Waals surface area contributed by atoms with Gasteiger partial charge < -0.3 is 15.6 Å². The number of hydrogen-bond donors (Lipinski definition) is 2. The van der Waals surface area contributed by atoms with Crippen molar-refractivity contribution in [3.8, 4) is 11.4 Å². The van der Waals surface area contributed by atoms with Crippen LogP contribution < -0.4 is 10.5 Å². The van der Waals surface area contributed by atoms with Crippen LogP contribution in [0.3, 0.4) is 0 Å². The molecular formula is C13H15N3O3. The van der Waals surface area contributed by atoms with Gasteiger partial charge in [-0.25, -0.2) is 9.48 Å². The van der Waals surface area contributed by atoms with Gasteiger partial charge in [0.1, 0.15) is 17.0 Å². The first kappa shape index (κ1) is 12.9. The van der Waals surface area contributed by atoms with Crippen LogP contribution in [0.25, 0.3) is 5.69 Å². The van der Waals surface area contributed by atoms with E-state index in [1.165, 1.54) is 7.11 Å². The minimum atomic E-state index is -0.990. The molecule has 0 unspecified atom stereocenters. The second kappa shape index (κ2) is 4.64. The van der Waals surface area contributed by atoms with E-state index in [9.17, 15) is 9.90 Å². The molecule has 0 aliphatic rings. The minimum Gasteiger partial charge on any atom is -0.494 e. The number of carboxylic acid groups (broad SMARTS) is 1. The monoisotopic (exact) mass is 261 g/mol. The van der Waals surface area contributed by atoms with Gasteiger partial charge in [-0.05, 0) is 26.0 Å². The molecule has 100 valence electrons. The van der Waals surface area contributed by atoms with Gasteiger partial charge in [0.25, 0.3) is 0 Å². The number of anilines is 1. The largest absolute Gasteiger partial charge is 0.494 e. The lowest BCUT2D eigenvalue weighted by Crippen LogP contribution is -2.04. The van der Waals surface area contributed by atoms with Crippen molar-refractivity contribution in [2.75, 3.05) is 12.8 Å². The van der Waals surface area contributed by atoms with Crippen molar-refractivity contribution in [3.05, 3.63) is 35.2 Å². The highest BCUT2D eigenvalue weighted by molar-refractivity contribution is 5.90. The highest BCUT2D eigenvalue weighted by Gasteiger charge is 2.20. The van der Waals surface area contributed by atoms with Crippen molar-refractivity contribution in [2.24, 2.45) is 0 Å². The third-order valence-electron chi connectivity index (χ3n) is 2.94. The molecule has 6 heteroatoms. The summed E-state index contributed by atoms with van der Waals surface area (Å²) in [5, 5.41) is 13.4. The first-order chi connectivity index (χ1) is 8.95. The molecule has 0 spiro atoms. The van der Waals surface area contributed by atoms with Crippen LogP contribution in [0.1, 0.15) is 21.7 Å². The van der Waals surface area contributed by atoms with Gasteiger partial charge in [-0.1, -0.05) is 0 Å². The third kappa shape index (κ3) is 2.12. The Kier molecular flexibility index (Phi) is 3.16. The number of benzene rings is 1. The molecule has 0 amide bonds. The van der Waals surface area contributed by atoms with Crippen molar-refractivity contribution in [3.63, 3.8) is 0 Å². The Hall–Kier alpha value is -2.50. The predicted octanol–water partition coefficient (Wildman–Crippen LogP) is 1.78. The zero-order valence-electron chi connectivity index (χ0n) is 11.0. The molecule has 0 saturated carbocycles. The number of ether oxygens (including phenoxy) is 1. The Balaban J connectivity index is 2.66. The van der Waals surface area contributed by atoms with Crippen molar-refractivity contribution in [2.45, 2.75) is 13.8 Å². The summed E-state index contributed by atoms with van der Waals surface area (Å²) < 4.78 is 6.81. The molecule has 1 heterocycles. The molecule has 0 atom stereocenters. The van der Waals surface area contributed by atoms with Crippen LogP contribution in [0, 0.1) is 13.8 Å². The highest BCUT2D eigenvalue weighted by atomic mass is 16.5. The molecule has 2 aromatic rings. The number of rotatable bonds is 3. The van der Waals surface area contributed by atoms with E-state index in [1.807, 2.05) is 0 Å².